The number of hydrogen-bond acceptors (Lipinski definition) is 3. The van der Waals surface area contributed by atoms with Crippen molar-refractivity contribution in [3.8, 4) is 0 Å². The van der Waals surface area contributed by atoms with Crippen molar-refractivity contribution in [2.24, 2.45) is 5.92 Å². The average molecular weight is 223 g/mol. The van der Waals surface area contributed by atoms with Crippen molar-refractivity contribution in [3.63, 3.8) is 0 Å². The Morgan fingerprint density at radius 3 is 2.81 bits per heavy atom. The van der Waals surface area contributed by atoms with E-state index in [1.54, 1.807) is 18.9 Å². The van der Waals surface area contributed by atoms with Gasteiger partial charge in [0.05, 0.1) is 6.04 Å². The molecule has 0 radical (unpaired) electrons. The van der Waals surface area contributed by atoms with E-state index in [0.717, 1.165) is 19.3 Å². The van der Waals surface area contributed by atoms with Crippen molar-refractivity contribution in [3.05, 3.63) is 12.2 Å². The molecule has 4 nitrogen and oxygen atoms in total. The molecular formula is C12H17NO3. The highest BCUT2D eigenvalue weighted by molar-refractivity contribution is 5.87. The normalized spacial score (nSPS) is 32.8. The van der Waals surface area contributed by atoms with Crippen LogP contribution in [0.15, 0.2) is 12.2 Å². The Hall–Kier alpha value is -1.32. The molecule has 1 heterocycles. The van der Waals surface area contributed by atoms with Crippen LogP contribution < -0.4 is 0 Å². The van der Waals surface area contributed by atoms with Gasteiger partial charge in [0.25, 0.3) is 0 Å². The third-order valence-corrected chi connectivity index (χ3v) is 3.56. The number of rotatable bonds is 2. The fourth-order valence-corrected chi connectivity index (χ4v) is 2.58. The molecule has 3 atom stereocenters. The van der Waals surface area contributed by atoms with Gasteiger partial charge in [-0.3, -0.25) is 4.79 Å². The van der Waals surface area contributed by atoms with Gasteiger partial charge in [-0.05, 0) is 26.2 Å². The molecule has 0 aromatic heterocycles. The monoisotopic (exact) mass is 223 g/mol. The van der Waals surface area contributed by atoms with Crippen molar-refractivity contribution >= 4 is 11.9 Å². The van der Waals surface area contributed by atoms with Crippen LogP contribution in [0.25, 0.3) is 0 Å². The summed E-state index contributed by atoms with van der Waals surface area (Å²) < 4.78 is 5.37. The highest BCUT2D eigenvalue weighted by Crippen LogP contribution is 2.37. The van der Waals surface area contributed by atoms with E-state index in [9.17, 15) is 9.59 Å². The van der Waals surface area contributed by atoms with Gasteiger partial charge in [-0.2, -0.15) is 0 Å². The molecule has 3 unspecified atom stereocenters. The predicted octanol–water partition coefficient (Wildman–Crippen LogP) is 1.11. The Kier molecular flexibility index (Phi) is 2.74. The highest BCUT2D eigenvalue weighted by atomic mass is 16.5. The Balaban J connectivity index is 2.05. The molecular weight excluding hydrogens is 206 g/mol. The summed E-state index contributed by atoms with van der Waals surface area (Å²) in [5.41, 5.74) is 0.411. The molecule has 1 amide bonds. The molecule has 2 bridgehead atoms. The minimum absolute atomic E-state index is 0.0644. The summed E-state index contributed by atoms with van der Waals surface area (Å²) in [6.07, 6.45) is 2.28. The van der Waals surface area contributed by atoms with Crippen LogP contribution in [0.5, 0.6) is 0 Å². The maximum Gasteiger partial charge on any atom is 0.333 e. The molecule has 1 aliphatic heterocycles. The van der Waals surface area contributed by atoms with E-state index in [-0.39, 0.29) is 29.9 Å². The molecule has 88 valence electrons. The maximum absolute atomic E-state index is 11.7. The van der Waals surface area contributed by atoms with Gasteiger partial charge < -0.3 is 9.64 Å². The summed E-state index contributed by atoms with van der Waals surface area (Å²) in [7, 11) is 1.79. The summed E-state index contributed by atoms with van der Waals surface area (Å²) >= 11 is 0. The highest BCUT2D eigenvalue weighted by Gasteiger charge is 2.46. The SMILES string of the molecule is C=C(C)C(=O)OC1CCC2CC1N(C)C2=O. The number of likely N-dealkylation sites (tertiary alicyclic amines) is 1. The smallest absolute Gasteiger partial charge is 0.333 e. The molecule has 1 saturated heterocycles. The van der Waals surface area contributed by atoms with Gasteiger partial charge in [0, 0.05) is 18.5 Å². The van der Waals surface area contributed by atoms with Crippen molar-refractivity contribution in [2.45, 2.75) is 38.3 Å². The van der Waals surface area contributed by atoms with Crippen molar-refractivity contribution in [1.82, 2.24) is 4.90 Å². The lowest BCUT2D eigenvalue weighted by molar-refractivity contribution is -0.148. The van der Waals surface area contributed by atoms with Crippen molar-refractivity contribution in [2.75, 3.05) is 7.05 Å². The lowest BCUT2D eigenvalue weighted by Crippen LogP contribution is -2.40. The number of likely N-dealkylation sites (N-methyl/N-ethyl adjacent to an activating group) is 1. The quantitative estimate of drug-likeness (QED) is 0.520. The van der Waals surface area contributed by atoms with Gasteiger partial charge in [0.15, 0.2) is 0 Å². The number of fused-ring (bicyclic) bond motifs is 2. The first kappa shape index (κ1) is 11.2. The Bertz CT molecular complexity index is 350. The van der Waals surface area contributed by atoms with Crippen LogP contribution in [0.1, 0.15) is 26.2 Å². The number of nitrogens with zero attached hydrogens (tertiary/aromatic N) is 1. The first-order chi connectivity index (χ1) is 7.50. The summed E-state index contributed by atoms with van der Waals surface area (Å²) in [6.45, 7) is 5.20. The van der Waals surface area contributed by atoms with Gasteiger partial charge in [-0.1, -0.05) is 6.58 Å². The van der Waals surface area contributed by atoms with Crippen LogP contribution in [0, 0.1) is 5.92 Å². The molecule has 2 aliphatic rings. The second-order valence-electron chi connectivity index (χ2n) is 4.75. The number of carbonyl (C=O) groups excluding carboxylic acids is 2. The maximum atomic E-state index is 11.7. The lowest BCUT2D eigenvalue weighted by atomic mass is 9.88. The Morgan fingerprint density at radius 1 is 1.50 bits per heavy atom. The number of hydrogen-bond donors (Lipinski definition) is 0. The predicted molar refractivity (Wildman–Crippen MR) is 58.6 cm³/mol. The van der Waals surface area contributed by atoms with Crippen LogP contribution in [-0.2, 0) is 14.3 Å². The van der Waals surface area contributed by atoms with Gasteiger partial charge in [-0.25, -0.2) is 4.79 Å². The zero-order valence-electron chi connectivity index (χ0n) is 9.73. The second-order valence-corrected chi connectivity index (χ2v) is 4.75. The van der Waals surface area contributed by atoms with Crippen LogP contribution >= 0.6 is 0 Å². The number of ether oxygens (including phenoxy) is 1. The third kappa shape index (κ3) is 1.72. The molecule has 0 aromatic carbocycles. The molecule has 0 aromatic rings. The number of carbonyl (C=O) groups is 2. The molecule has 16 heavy (non-hydrogen) atoms. The molecule has 4 heteroatoms. The van der Waals surface area contributed by atoms with Gasteiger partial charge in [0.2, 0.25) is 5.91 Å². The van der Waals surface area contributed by atoms with E-state index in [0.29, 0.717) is 5.57 Å². The van der Waals surface area contributed by atoms with E-state index in [1.165, 1.54) is 0 Å². The van der Waals surface area contributed by atoms with Gasteiger partial charge in [0.1, 0.15) is 6.10 Å². The topological polar surface area (TPSA) is 46.6 Å². The fraction of sp³-hybridized carbons (Fsp3) is 0.667. The molecule has 2 fully saturated rings. The van der Waals surface area contributed by atoms with E-state index in [4.69, 9.17) is 4.74 Å². The standard InChI is InChI=1S/C12H17NO3/c1-7(2)12(15)16-10-5-4-8-6-9(10)13(3)11(8)14/h8-10H,1,4-6H2,2-3H3. The molecule has 0 spiro atoms. The number of esters is 1. The van der Waals surface area contributed by atoms with Crippen molar-refractivity contribution < 1.29 is 14.3 Å². The van der Waals surface area contributed by atoms with E-state index < -0.39 is 0 Å². The number of amides is 1. The van der Waals surface area contributed by atoms with Crippen LogP contribution in [-0.4, -0.2) is 36.0 Å². The molecule has 1 saturated carbocycles. The third-order valence-electron chi connectivity index (χ3n) is 3.56. The summed E-state index contributed by atoms with van der Waals surface area (Å²) in [5.74, 6) is -0.00940. The van der Waals surface area contributed by atoms with Crippen molar-refractivity contribution in [1.29, 1.82) is 0 Å². The van der Waals surface area contributed by atoms with E-state index in [1.807, 2.05) is 0 Å². The lowest BCUT2D eigenvalue weighted by Gasteiger charge is -2.30. The second kappa shape index (κ2) is 3.92. The van der Waals surface area contributed by atoms with Crippen LogP contribution in [0.4, 0.5) is 0 Å². The molecule has 0 N–H and O–H groups in total. The average Bonchev–Trinajstić information content (AvgIpc) is 2.48. The Labute approximate surface area is 95.2 Å². The molecule has 1 aliphatic carbocycles. The van der Waals surface area contributed by atoms with Gasteiger partial charge in [-0.15, -0.1) is 0 Å². The van der Waals surface area contributed by atoms with Crippen LogP contribution in [0.3, 0.4) is 0 Å². The first-order valence-electron chi connectivity index (χ1n) is 5.64. The van der Waals surface area contributed by atoms with Gasteiger partial charge >= 0.3 is 5.97 Å². The zero-order valence-corrected chi connectivity index (χ0v) is 9.73. The van der Waals surface area contributed by atoms with Crippen LogP contribution in [0.2, 0.25) is 0 Å². The summed E-state index contributed by atoms with van der Waals surface area (Å²) in [5, 5.41) is 0. The fourth-order valence-electron chi connectivity index (χ4n) is 2.58. The minimum Gasteiger partial charge on any atom is -0.457 e. The summed E-state index contributed by atoms with van der Waals surface area (Å²) in [4.78, 5) is 24.9. The Morgan fingerprint density at radius 2 is 2.19 bits per heavy atom. The van der Waals surface area contributed by atoms with E-state index >= 15 is 0 Å². The van der Waals surface area contributed by atoms with E-state index in [2.05, 4.69) is 6.58 Å². The molecule has 2 rings (SSSR count). The zero-order chi connectivity index (χ0) is 11.9. The summed E-state index contributed by atoms with van der Waals surface area (Å²) in [6, 6.07) is 0.0644. The minimum atomic E-state index is -0.351. The largest absolute Gasteiger partial charge is 0.457 e. The first-order valence-corrected chi connectivity index (χ1v) is 5.64.